The molecule has 27 heavy (non-hydrogen) atoms. The van der Waals surface area contributed by atoms with E-state index in [9.17, 15) is 0 Å². The Balaban J connectivity index is 0.000000463. The molecule has 144 valence electrons. The van der Waals surface area contributed by atoms with Crippen LogP contribution in [0.1, 0.15) is 34.6 Å². The minimum Gasteiger partial charge on any atom is 0 e. The number of hydrogen-bond acceptors (Lipinski definition) is 0. The first-order valence-corrected chi connectivity index (χ1v) is 10.5. The van der Waals surface area contributed by atoms with Gasteiger partial charge in [0.05, 0.1) is 0 Å². The Hall–Kier alpha value is -1.26. The smallest absolute Gasteiger partial charge is 0 e. The van der Waals surface area contributed by atoms with Gasteiger partial charge in [-0.25, -0.2) is 0 Å². The van der Waals surface area contributed by atoms with Crippen LogP contribution in [0, 0.1) is 12.6 Å². The van der Waals surface area contributed by atoms with Crippen LogP contribution in [0.4, 0.5) is 0 Å². The first-order chi connectivity index (χ1) is 12.4. The van der Waals surface area contributed by atoms with E-state index in [2.05, 4.69) is 109 Å². The van der Waals surface area contributed by atoms with E-state index >= 15 is 0 Å². The summed E-state index contributed by atoms with van der Waals surface area (Å²) in [6.45, 7) is 17.8. The second-order valence-electron chi connectivity index (χ2n) is 6.36. The van der Waals surface area contributed by atoms with Crippen molar-refractivity contribution in [2.24, 2.45) is 0 Å². The summed E-state index contributed by atoms with van der Waals surface area (Å²) in [5.41, 5.74) is 5.87. The molecule has 0 bridgehead atoms. The molecule has 0 heterocycles. The van der Waals surface area contributed by atoms with Gasteiger partial charge in [0.1, 0.15) is 0 Å². The number of allylic oxidation sites excluding steroid dienone is 4. The van der Waals surface area contributed by atoms with Crippen molar-refractivity contribution >= 4 is 18.5 Å². The van der Waals surface area contributed by atoms with Gasteiger partial charge in [0, 0.05) is 26.0 Å². The summed E-state index contributed by atoms with van der Waals surface area (Å²) < 4.78 is 7.50. The van der Waals surface area contributed by atoms with Crippen molar-refractivity contribution in [1.82, 2.24) is 0 Å². The molecule has 0 atom stereocenters. The van der Waals surface area contributed by atoms with E-state index in [0.717, 1.165) is 0 Å². The van der Waals surface area contributed by atoms with Gasteiger partial charge >= 0.3 is 11.3 Å². The first kappa shape index (κ1) is 25.7. The van der Waals surface area contributed by atoms with Gasteiger partial charge in [0.25, 0.3) is 0 Å². The van der Waals surface area contributed by atoms with Crippen molar-refractivity contribution < 1.29 is 24.8 Å². The Kier molecular flexibility index (Phi) is 12.4. The molecule has 0 fully saturated rings. The molecule has 0 aromatic heterocycles. The molecule has 0 amide bonds. The van der Waals surface area contributed by atoms with Crippen LogP contribution in [-0.4, -0.2) is 6.66 Å². The summed E-state index contributed by atoms with van der Waals surface area (Å²) >= 11 is 0. The predicted molar refractivity (Wildman–Crippen MR) is 115 cm³/mol. The molecule has 0 aliphatic heterocycles. The van der Waals surface area contributed by atoms with E-state index in [1.807, 2.05) is 0 Å². The zero-order valence-electron chi connectivity index (χ0n) is 17.0. The minimum absolute atomic E-state index is 0. The van der Waals surface area contributed by atoms with Gasteiger partial charge < -0.3 is 0 Å². The van der Waals surface area contributed by atoms with Crippen molar-refractivity contribution in [3.63, 3.8) is 0 Å². The van der Waals surface area contributed by atoms with E-state index in [1.54, 1.807) is 0 Å². The predicted octanol–water partition coefficient (Wildman–Crippen LogP) is 5.98. The summed E-state index contributed by atoms with van der Waals surface area (Å²) in [7, 11) is -0.171. The quantitative estimate of drug-likeness (QED) is 0.247. The molecule has 2 aromatic carbocycles. The zero-order valence-corrected chi connectivity index (χ0v) is 20.3. The zero-order chi connectivity index (χ0) is 19.7. The summed E-state index contributed by atoms with van der Waals surface area (Å²) in [6.07, 6.45) is 0. The molecule has 2 radical (unpaired) electrons. The standard InChI is InChI=1S/C13H13P.C10H15.CO.Ir/c1-14(12-8-4-2-5-9-12)13-10-6-3-7-11-13;1-6-7(2)9(4)10(5)8(6)3;1-2;/h2-11H,1H3;1-5H3;;. The second kappa shape index (κ2) is 13.0. The van der Waals surface area contributed by atoms with E-state index in [0.29, 0.717) is 0 Å². The SMILES string of the molecule is CP(c1ccccc1)c1ccccc1.C[C]1C(C)=C(C)C(C)=C1C.[C-]#[O+].[Ir]. The van der Waals surface area contributed by atoms with Crippen LogP contribution >= 0.6 is 7.92 Å². The van der Waals surface area contributed by atoms with Gasteiger partial charge in [-0.1, -0.05) is 78.7 Å². The average Bonchev–Trinajstić information content (AvgIpc) is 2.88. The maximum Gasteiger partial charge on any atom is 0 e. The fraction of sp³-hybridized carbons (Fsp3) is 0.250. The molecule has 1 nitrogen and oxygen atoms in total. The molecule has 2 aromatic rings. The van der Waals surface area contributed by atoms with Crippen molar-refractivity contribution in [3.05, 3.63) is 95.5 Å². The molecular weight excluding hydrogens is 527 g/mol. The van der Waals surface area contributed by atoms with Gasteiger partial charge in [-0.3, -0.25) is 0 Å². The number of rotatable bonds is 2. The number of hydrogen-bond donors (Lipinski definition) is 0. The van der Waals surface area contributed by atoms with E-state index in [-0.39, 0.29) is 28.0 Å². The molecule has 3 heteroatoms. The molecule has 0 N–H and O–H groups in total. The maximum atomic E-state index is 7.50. The van der Waals surface area contributed by atoms with Crippen LogP contribution in [0.15, 0.2) is 83.0 Å². The summed E-state index contributed by atoms with van der Waals surface area (Å²) in [5, 5.41) is 2.88. The summed E-state index contributed by atoms with van der Waals surface area (Å²) in [6, 6.07) is 21.4. The fourth-order valence-corrected chi connectivity index (χ4v) is 4.40. The van der Waals surface area contributed by atoms with Gasteiger partial charge in [0.15, 0.2) is 0 Å². The topological polar surface area (TPSA) is 19.9 Å². The third kappa shape index (κ3) is 7.00. The van der Waals surface area contributed by atoms with Crippen LogP contribution in [0.25, 0.3) is 0 Å². The average molecular weight is 556 g/mol. The third-order valence-corrected chi connectivity index (χ3v) is 7.24. The Morgan fingerprint density at radius 3 is 1.11 bits per heavy atom. The largest absolute Gasteiger partial charge is 0 e. The number of benzene rings is 2. The normalized spacial score (nSPS) is 13.4. The maximum absolute atomic E-state index is 7.50. The summed E-state index contributed by atoms with van der Waals surface area (Å²) in [5.74, 6) is 1.47. The first-order valence-electron chi connectivity index (χ1n) is 8.67. The van der Waals surface area contributed by atoms with Crippen LogP contribution in [-0.2, 0) is 24.8 Å². The van der Waals surface area contributed by atoms with E-state index in [4.69, 9.17) is 4.65 Å². The van der Waals surface area contributed by atoms with Crippen LogP contribution in [0.2, 0.25) is 0 Å². The monoisotopic (exact) mass is 556 g/mol. The van der Waals surface area contributed by atoms with Gasteiger partial charge in [-0.2, -0.15) is 0 Å². The van der Waals surface area contributed by atoms with Crippen molar-refractivity contribution in [3.8, 4) is 0 Å². The van der Waals surface area contributed by atoms with Crippen molar-refractivity contribution in [1.29, 1.82) is 0 Å². The van der Waals surface area contributed by atoms with Crippen LogP contribution in [0.3, 0.4) is 0 Å². The minimum atomic E-state index is -0.171. The molecule has 1 aliphatic rings. The molecule has 3 rings (SSSR count). The molecule has 0 unspecified atom stereocenters. The summed E-state index contributed by atoms with van der Waals surface area (Å²) in [4.78, 5) is 0. The Labute approximate surface area is 179 Å². The molecule has 0 spiro atoms. The molecule has 0 saturated carbocycles. The van der Waals surface area contributed by atoms with Gasteiger partial charge in [-0.15, -0.1) is 0 Å². The van der Waals surface area contributed by atoms with Gasteiger partial charge in [0.2, 0.25) is 0 Å². The Bertz CT molecular complexity index is 712. The van der Waals surface area contributed by atoms with E-state index < -0.39 is 0 Å². The second-order valence-corrected chi connectivity index (χ2v) is 8.51. The van der Waals surface area contributed by atoms with E-state index in [1.165, 1.54) is 38.8 Å². The Morgan fingerprint density at radius 2 is 0.889 bits per heavy atom. The van der Waals surface area contributed by atoms with Crippen molar-refractivity contribution in [2.75, 3.05) is 6.66 Å². The fourth-order valence-electron chi connectivity index (χ4n) is 2.86. The third-order valence-electron chi connectivity index (χ3n) is 5.10. The molecular formula is C24H28IrOP. The van der Waals surface area contributed by atoms with Crippen LogP contribution < -0.4 is 10.6 Å². The molecule has 1 aliphatic carbocycles. The van der Waals surface area contributed by atoms with Crippen LogP contribution in [0.5, 0.6) is 0 Å². The van der Waals surface area contributed by atoms with Crippen molar-refractivity contribution in [2.45, 2.75) is 34.6 Å². The van der Waals surface area contributed by atoms with Gasteiger partial charge in [-0.05, 0) is 64.0 Å². The Morgan fingerprint density at radius 1 is 0.593 bits per heavy atom. The molecule has 0 saturated heterocycles.